The van der Waals surface area contributed by atoms with Crippen LogP contribution in [0.3, 0.4) is 0 Å². The number of para-hydroxylation sites is 1. The van der Waals surface area contributed by atoms with Crippen LogP contribution in [0, 0.1) is 0 Å². The molecule has 0 unspecified atom stereocenters. The van der Waals surface area contributed by atoms with Gasteiger partial charge >= 0.3 is 0 Å². The Morgan fingerprint density at radius 1 is 1.08 bits per heavy atom. The van der Waals surface area contributed by atoms with Crippen molar-refractivity contribution in [1.29, 1.82) is 0 Å². The number of hydrogen-bond donors (Lipinski definition) is 2. The molecule has 0 bridgehead atoms. The molecule has 2 aromatic heterocycles. The third-order valence-electron chi connectivity index (χ3n) is 3.69. The highest BCUT2D eigenvalue weighted by atomic mass is 16.1. The zero-order valence-electron chi connectivity index (χ0n) is 12.7. The van der Waals surface area contributed by atoms with Gasteiger partial charge in [-0.3, -0.25) is 9.78 Å². The van der Waals surface area contributed by atoms with Gasteiger partial charge in [-0.05, 0) is 29.8 Å². The van der Waals surface area contributed by atoms with Gasteiger partial charge < -0.3 is 5.32 Å². The van der Waals surface area contributed by atoms with Crippen LogP contribution in [0.2, 0.25) is 0 Å². The van der Waals surface area contributed by atoms with Crippen LogP contribution in [0.4, 0.5) is 5.95 Å². The van der Waals surface area contributed by atoms with Crippen LogP contribution >= 0.6 is 0 Å². The summed E-state index contributed by atoms with van der Waals surface area (Å²) in [4.78, 5) is 23.1. The average Bonchev–Trinajstić information content (AvgIpc) is 3.15. The van der Waals surface area contributed by atoms with Gasteiger partial charge in [0.25, 0.3) is 5.56 Å². The lowest BCUT2D eigenvalue weighted by Crippen LogP contribution is -2.13. The molecular formula is C17H14N6O. The minimum Gasteiger partial charge on any atom is -0.352 e. The second-order valence-electron chi connectivity index (χ2n) is 5.29. The lowest BCUT2D eigenvalue weighted by atomic mass is 10.2. The standard InChI is InChI=1S/C17H14N6O/c24-16-14-3-1-2-4-15(14)21-17(22-16)19-9-12-5-7-13(8-6-12)23-11-18-10-20-23/h1-8,10-11H,9H2,(H2,19,21,22,24). The van der Waals surface area contributed by atoms with Crippen molar-refractivity contribution in [2.24, 2.45) is 0 Å². The van der Waals surface area contributed by atoms with Gasteiger partial charge in [-0.2, -0.15) is 5.10 Å². The second-order valence-corrected chi connectivity index (χ2v) is 5.29. The normalized spacial score (nSPS) is 10.8. The van der Waals surface area contributed by atoms with E-state index in [-0.39, 0.29) is 5.56 Å². The van der Waals surface area contributed by atoms with E-state index in [1.54, 1.807) is 17.1 Å². The Kier molecular flexibility index (Phi) is 3.51. The number of benzene rings is 2. The molecule has 2 aromatic carbocycles. The van der Waals surface area contributed by atoms with Crippen LogP contribution in [0.15, 0.2) is 66.0 Å². The summed E-state index contributed by atoms with van der Waals surface area (Å²) < 4.78 is 1.69. The first kappa shape index (κ1) is 14.1. The molecule has 24 heavy (non-hydrogen) atoms. The molecule has 7 nitrogen and oxygen atoms in total. The van der Waals surface area contributed by atoms with Crippen molar-refractivity contribution in [2.75, 3.05) is 5.32 Å². The van der Waals surface area contributed by atoms with Crippen molar-refractivity contribution in [3.8, 4) is 5.69 Å². The lowest BCUT2D eigenvalue weighted by molar-refractivity contribution is 0.877. The lowest BCUT2D eigenvalue weighted by Gasteiger charge is -2.07. The van der Waals surface area contributed by atoms with Crippen molar-refractivity contribution in [3.05, 3.63) is 77.1 Å². The third-order valence-corrected chi connectivity index (χ3v) is 3.69. The Balaban J connectivity index is 1.51. The molecule has 0 amide bonds. The summed E-state index contributed by atoms with van der Waals surface area (Å²) in [6.07, 6.45) is 3.15. The zero-order chi connectivity index (χ0) is 16.4. The molecule has 0 saturated carbocycles. The monoisotopic (exact) mass is 318 g/mol. The van der Waals surface area contributed by atoms with Crippen molar-refractivity contribution in [3.63, 3.8) is 0 Å². The van der Waals surface area contributed by atoms with Gasteiger partial charge in [0, 0.05) is 6.54 Å². The molecule has 118 valence electrons. The van der Waals surface area contributed by atoms with Crippen LogP contribution in [-0.2, 0) is 6.54 Å². The molecule has 0 radical (unpaired) electrons. The van der Waals surface area contributed by atoms with Gasteiger partial charge in [0.05, 0.1) is 16.6 Å². The SMILES string of the molecule is O=c1[nH]c(NCc2ccc(-n3cncn3)cc2)nc2ccccc12. The number of fused-ring (bicyclic) bond motifs is 1. The molecule has 4 rings (SSSR count). The quantitative estimate of drug-likeness (QED) is 0.601. The van der Waals surface area contributed by atoms with Gasteiger partial charge in [0.2, 0.25) is 5.95 Å². The number of anilines is 1. The smallest absolute Gasteiger partial charge is 0.260 e. The Morgan fingerprint density at radius 2 is 1.92 bits per heavy atom. The highest BCUT2D eigenvalue weighted by Crippen LogP contribution is 2.11. The summed E-state index contributed by atoms with van der Waals surface area (Å²) in [5.41, 5.74) is 2.53. The Hall–Kier alpha value is -3.48. The number of aromatic amines is 1. The molecule has 0 aliphatic rings. The van der Waals surface area contributed by atoms with Gasteiger partial charge in [0.1, 0.15) is 12.7 Å². The number of rotatable bonds is 4. The maximum Gasteiger partial charge on any atom is 0.260 e. The molecule has 0 spiro atoms. The van der Waals surface area contributed by atoms with Crippen molar-refractivity contribution in [2.45, 2.75) is 6.54 Å². The molecule has 0 aliphatic carbocycles. The van der Waals surface area contributed by atoms with E-state index >= 15 is 0 Å². The topological polar surface area (TPSA) is 88.5 Å². The predicted octanol–water partition coefficient (Wildman–Crippen LogP) is 2.12. The van der Waals surface area contributed by atoms with Crippen molar-refractivity contribution >= 4 is 16.9 Å². The second kappa shape index (κ2) is 5.96. The summed E-state index contributed by atoms with van der Waals surface area (Å²) >= 11 is 0. The minimum atomic E-state index is -0.148. The van der Waals surface area contributed by atoms with E-state index in [0.717, 1.165) is 11.3 Å². The Bertz CT molecular complexity index is 1020. The molecule has 0 atom stereocenters. The van der Waals surface area contributed by atoms with Gasteiger partial charge in [-0.15, -0.1) is 0 Å². The molecule has 0 saturated heterocycles. The van der Waals surface area contributed by atoms with Crippen molar-refractivity contribution in [1.82, 2.24) is 24.7 Å². The highest BCUT2D eigenvalue weighted by molar-refractivity contribution is 5.78. The summed E-state index contributed by atoms with van der Waals surface area (Å²) in [7, 11) is 0. The van der Waals surface area contributed by atoms with Gasteiger partial charge in [-0.1, -0.05) is 24.3 Å². The first-order valence-corrected chi connectivity index (χ1v) is 7.46. The van der Waals surface area contributed by atoms with Gasteiger partial charge in [-0.25, -0.2) is 14.6 Å². The molecule has 4 aromatic rings. The van der Waals surface area contributed by atoms with E-state index in [1.165, 1.54) is 6.33 Å². The predicted molar refractivity (Wildman–Crippen MR) is 91.0 cm³/mol. The largest absolute Gasteiger partial charge is 0.352 e. The van der Waals surface area contributed by atoms with E-state index in [4.69, 9.17) is 0 Å². The average molecular weight is 318 g/mol. The maximum absolute atomic E-state index is 12.0. The fourth-order valence-electron chi connectivity index (χ4n) is 2.46. The molecule has 0 aliphatic heterocycles. The van der Waals surface area contributed by atoms with Crippen LogP contribution in [0.25, 0.3) is 16.6 Å². The number of aromatic nitrogens is 5. The first-order valence-electron chi connectivity index (χ1n) is 7.46. The Morgan fingerprint density at radius 3 is 2.71 bits per heavy atom. The van der Waals surface area contributed by atoms with E-state index in [9.17, 15) is 4.79 Å². The fourth-order valence-corrected chi connectivity index (χ4v) is 2.46. The molecular weight excluding hydrogens is 304 g/mol. The van der Waals surface area contributed by atoms with E-state index in [2.05, 4.69) is 25.4 Å². The molecule has 0 fully saturated rings. The fraction of sp³-hybridized carbons (Fsp3) is 0.0588. The van der Waals surface area contributed by atoms with E-state index < -0.39 is 0 Å². The summed E-state index contributed by atoms with van der Waals surface area (Å²) in [5.74, 6) is 0.457. The van der Waals surface area contributed by atoms with Crippen molar-refractivity contribution < 1.29 is 0 Å². The van der Waals surface area contributed by atoms with E-state index in [1.807, 2.05) is 42.5 Å². The number of nitrogens with zero attached hydrogens (tertiary/aromatic N) is 4. The minimum absolute atomic E-state index is 0.148. The van der Waals surface area contributed by atoms with E-state index in [0.29, 0.717) is 23.4 Å². The van der Waals surface area contributed by atoms with Crippen LogP contribution in [0.5, 0.6) is 0 Å². The molecule has 2 N–H and O–H groups in total. The number of hydrogen-bond acceptors (Lipinski definition) is 5. The molecule has 2 heterocycles. The van der Waals surface area contributed by atoms with Crippen LogP contribution in [-0.4, -0.2) is 24.7 Å². The van der Waals surface area contributed by atoms with Crippen LogP contribution < -0.4 is 10.9 Å². The zero-order valence-corrected chi connectivity index (χ0v) is 12.7. The highest BCUT2D eigenvalue weighted by Gasteiger charge is 2.03. The summed E-state index contributed by atoms with van der Waals surface area (Å²) in [6.45, 7) is 0.554. The van der Waals surface area contributed by atoms with Gasteiger partial charge in [0.15, 0.2) is 0 Å². The Labute approximate surface area is 137 Å². The first-order chi connectivity index (χ1) is 11.8. The third kappa shape index (κ3) is 2.74. The van der Waals surface area contributed by atoms with Crippen LogP contribution in [0.1, 0.15) is 5.56 Å². The molecule has 7 heteroatoms. The number of H-pyrrole nitrogens is 1. The summed E-state index contributed by atoms with van der Waals surface area (Å²) in [6, 6.07) is 15.2. The number of nitrogens with one attached hydrogen (secondary N) is 2. The maximum atomic E-state index is 12.0. The summed E-state index contributed by atoms with van der Waals surface area (Å²) in [5, 5.41) is 7.82.